The van der Waals surface area contributed by atoms with Crippen molar-refractivity contribution in [2.24, 2.45) is 5.92 Å². The van der Waals surface area contributed by atoms with Crippen LogP contribution in [0, 0.1) is 5.92 Å². The largest absolute Gasteiger partial charge is 0.378 e. The van der Waals surface area contributed by atoms with Crippen LogP contribution in [-0.4, -0.2) is 31.1 Å². The average Bonchev–Trinajstić information content (AvgIpc) is 2.43. The van der Waals surface area contributed by atoms with Crippen molar-refractivity contribution in [1.29, 1.82) is 0 Å². The maximum Gasteiger partial charge on any atom is 0.190 e. The Morgan fingerprint density at radius 2 is 1.82 bits per heavy atom. The van der Waals surface area contributed by atoms with Crippen molar-refractivity contribution >= 4 is 17.5 Å². The van der Waals surface area contributed by atoms with Gasteiger partial charge in [0.25, 0.3) is 0 Å². The molecule has 3 heteroatoms. The lowest BCUT2D eigenvalue weighted by Gasteiger charge is -2.53. The predicted molar refractivity (Wildman–Crippen MR) is 90.0 cm³/mol. The topological polar surface area (TPSA) is 29.5 Å². The average molecular weight is 299 g/mol. The number of benzene rings is 1. The van der Waals surface area contributed by atoms with Crippen LogP contribution in [0.3, 0.4) is 0 Å². The van der Waals surface area contributed by atoms with E-state index >= 15 is 0 Å². The molecule has 0 radical (unpaired) electrons. The molecule has 0 N–H and O–H groups in total. The third-order valence-electron chi connectivity index (χ3n) is 5.09. The van der Waals surface area contributed by atoms with Crippen LogP contribution in [0.1, 0.15) is 39.2 Å². The fraction of sp³-hybridized carbons (Fsp3) is 0.526. The highest BCUT2D eigenvalue weighted by Gasteiger charge is 2.56. The van der Waals surface area contributed by atoms with E-state index in [0.29, 0.717) is 0 Å². The van der Waals surface area contributed by atoms with Crippen molar-refractivity contribution in [3.05, 3.63) is 35.4 Å². The fourth-order valence-corrected chi connectivity index (χ4v) is 3.84. The van der Waals surface area contributed by atoms with Crippen LogP contribution in [0.15, 0.2) is 29.8 Å². The molecule has 0 unspecified atom stereocenters. The number of nitrogens with zero attached hydrogens (tertiary/aromatic N) is 1. The molecule has 1 aliphatic carbocycles. The van der Waals surface area contributed by atoms with Gasteiger partial charge in [-0.1, -0.05) is 12.1 Å². The molecule has 3 nitrogen and oxygen atoms in total. The molecule has 0 aromatic heterocycles. The Kier molecular flexibility index (Phi) is 3.44. The van der Waals surface area contributed by atoms with Gasteiger partial charge in [0.15, 0.2) is 5.78 Å². The van der Waals surface area contributed by atoms with Gasteiger partial charge in [-0.25, -0.2) is 0 Å². The maximum absolute atomic E-state index is 12.8. The van der Waals surface area contributed by atoms with E-state index < -0.39 is 5.60 Å². The zero-order chi connectivity index (χ0) is 16.1. The summed E-state index contributed by atoms with van der Waals surface area (Å²) in [5.74, 6) is 0.357. The summed E-state index contributed by atoms with van der Waals surface area (Å²) in [6.45, 7) is 6.14. The lowest BCUT2D eigenvalue weighted by molar-refractivity contribution is -0.206. The molecule has 4 rings (SSSR count). The van der Waals surface area contributed by atoms with Gasteiger partial charge < -0.3 is 9.64 Å². The van der Waals surface area contributed by atoms with E-state index in [4.69, 9.17) is 4.74 Å². The van der Waals surface area contributed by atoms with Crippen LogP contribution < -0.4 is 4.90 Å². The van der Waals surface area contributed by atoms with Gasteiger partial charge in [-0.15, -0.1) is 0 Å². The minimum atomic E-state index is -0.645. The lowest BCUT2D eigenvalue weighted by atomic mass is 9.65. The van der Waals surface area contributed by atoms with Crippen molar-refractivity contribution in [2.75, 3.05) is 19.0 Å². The quantitative estimate of drug-likeness (QED) is 0.780. The highest BCUT2D eigenvalue weighted by molar-refractivity contribution is 6.07. The normalized spacial score (nSPS) is 31.6. The molecule has 3 aliphatic rings. The van der Waals surface area contributed by atoms with Crippen LogP contribution >= 0.6 is 0 Å². The fourth-order valence-electron chi connectivity index (χ4n) is 3.84. The molecule has 2 atom stereocenters. The number of hydrogen-bond acceptors (Lipinski definition) is 3. The molecule has 2 saturated heterocycles. The maximum atomic E-state index is 12.8. The summed E-state index contributed by atoms with van der Waals surface area (Å²) in [4.78, 5) is 14.8. The third kappa shape index (κ3) is 2.38. The van der Waals surface area contributed by atoms with Gasteiger partial charge in [0, 0.05) is 31.3 Å². The number of carbonyl (C=O) groups is 1. The van der Waals surface area contributed by atoms with Crippen molar-refractivity contribution in [3.8, 4) is 0 Å². The Bertz CT molecular complexity index is 627. The summed E-state index contributed by atoms with van der Waals surface area (Å²) in [6, 6.07) is 8.32. The second-order valence-electron chi connectivity index (χ2n) is 7.44. The van der Waals surface area contributed by atoms with E-state index in [1.54, 1.807) is 0 Å². The van der Waals surface area contributed by atoms with E-state index in [1.165, 1.54) is 0 Å². The number of ketones is 1. The first kappa shape index (κ1) is 15.3. The van der Waals surface area contributed by atoms with E-state index in [-0.39, 0.29) is 17.3 Å². The summed E-state index contributed by atoms with van der Waals surface area (Å²) in [5, 5.41) is 0. The zero-order valence-corrected chi connectivity index (χ0v) is 14.1. The molecule has 3 fully saturated rings. The van der Waals surface area contributed by atoms with E-state index in [2.05, 4.69) is 49.1 Å². The highest BCUT2D eigenvalue weighted by Crippen LogP contribution is 2.50. The number of fused-ring (bicyclic) bond motifs is 3. The lowest BCUT2D eigenvalue weighted by Crippen LogP contribution is -2.60. The molecule has 1 aromatic carbocycles. The van der Waals surface area contributed by atoms with Crippen LogP contribution in [0.25, 0.3) is 6.08 Å². The molecular formula is C19H25NO2. The number of carbonyl (C=O) groups excluding carboxylic acids is 1. The van der Waals surface area contributed by atoms with Gasteiger partial charge in [0.2, 0.25) is 0 Å². The molecule has 118 valence electrons. The Morgan fingerprint density at radius 3 is 2.36 bits per heavy atom. The van der Waals surface area contributed by atoms with Gasteiger partial charge >= 0.3 is 0 Å². The monoisotopic (exact) mass is 299 g/mol. The van der Waals surface area contributed by atoms with Gasteiger partial charge in [0.05, 0.1) is 5.60 Å². The van der Waals surface area contributed by atoms with Gasteiger partial charge in [-0.3, -0.25) is 4.79 Å². The zero-order valence-electron chi connectivity index (χ0n) is 14.1. The van der Waals surface area contributed by atoms with E-state index in [9.17, 15) is 4.79 Å². The first-order valence-electron chi connectivity index (χ1n) is 7.97. The van der Waals surface area contributed by atoms with Gasteiger partial charge in [-0.2, -0.15) is 0 Å². The molecule has 1 saturated carbocycles. The van der Waals surface area contributed by atoms with Crippen LogP contribution in [0.4, 0.5) is 5.69 Å². The van der Waals surface area contributed by atoms with Gasteiger partial charge in [0.1, 0.15) is 5.60 Å². The SMILES string of the molecule is CN(C)c1ccc(/C=C2\C(=O)[C@]3(C)CC[C@H]2C(C)(C)O3)cc1. The van der Waals surface area contributed by atoms with Crippen molar-refractivity contribution in [1.82, 2.24) is 0 Å². The van der Waals surface area contributed by atoms with Crippen LogP contribution in [-0.2, 0) is 9.53 Å². The van der Waals surface area contributed by atoms with Crippen LogP contribution in [0.5, 0.6) is 0 Å². The Labute approximate surface area is 133 Å². The van der Waals surface area contributed by atoms with Crippen molar-refractivity contribution in [2.45, 2.75) is 44.8 Å². The number of hydrogen-bond donors (Lipinski definition) is 0. The standard InChI is InChI=1S/C19H25NO2/c1-18(2)16-10-11-19(3,22-18)17(21)15(16)12-13-6-8-14(9-7-13)20(4)5/h6-9,12,16H,10-11H2,1-5H3/b15-12-/t16-,19+/m1/s1. The minimum absolute atomic E-state index is 0.166. The number of rotatable bonds is 2. The first-order valence-corrected chi connectivity index (χ1v) is 7.97. The summed E-state index contributed by atoms with van der Waals surface area (Å²) >= 11 is 0. The molecule has 0 spiro atoms. The molecule has 22 heavy (non-hydrogen) atoms. The third-order valence-corrected chi connectivity index (χ3v) is 5.09. The van der Waals surface area contributed by atoms with Crippen molar-refractivity contribution in [3.63, 3.8) is 0 Å². The van der Waals surface area contributed by atoms with E-state index in [1.807, 2.05) is 21.0 Å². The molecule has 0 amide bonds. The van der Waals surface area contributed by atoms with Crippen LogP contribution in [0.2, 0.25) is 0 Å². The summed E-state index contributed by atoms with van der Waals surface area (Å²) in [7, 11) is 4.05. The number of anilines is 1. The molecule has 1 aromatic rings. The Hall–Kier alpha value is -1.61. The molecule has 2 bridgehead atoms. The molecule has 2 aliphatic heterocycles. The minimum Gasteiger partial charge on any atom is -0.378 e. The summed E-state index contributed by atoms with van der Waals surface area (Å²) in [6.07, 6.45) is 3.92. The second kappa shape index (κ2) is 4.95. The molecule has 2 heterocycles. The Morgan fingerprint density at radius 1 is 1.18 bits per heavy atom. The summed E-state index contributed by atoms with van der Waals surface area (Å²) in [5.41, 5.74) is 2.27. The Balaban J connectivity index is 1.97. The van der Waals surface area contributed by atoms with E-state index in [0.717, 1.165) is 29.7 Å². The smallest absolute Gasteiger partial charge is 0.190 e. The molecular weight excluding hydrogens is 274 g/mol. The summed E-state index contributed by atoms with van der Waals surface area (Å²) < 4.78 is 6.09. The number of Topliss-reactive ketones (excluding diaryl/α,β-unsaturated/α-hetero) is 1. The predicted octanol–water partition coefficient (Wildman–Crippen LogP) is 3.68. The number of ether oxygens (including phenoxy) is 1. The highest BCUT2D eigenvalue weighted by atomic mass is 16.5. The second-order valence-corrected chi connectivity index (χ2v) is 7.44. The first-order chi connectivity index (χ1) is 10.2. The van der Waals surface area contributed by atoms with Crippen molar-refractivity contribution < 1.29 is 9.53 Å². The van der Waals surface area contributed by atoms with Gasteiger partial charge in [-0.05, 0) is 57.4 Å².